The first-order valence-corrected chi connectivity index (χ1v) is 4.32. The van der Waals surface area contributed by atoms with E-state index in [0.29, 0.717) is 5.69 Å². The number of nitrogen functional groups attached to an aromatic ring is 1. The molecule has 0 bridgehead atoms. The van der Waals surface area contributed by atoms with Gasteiger partial charge >= 0.3 is 0 Å². The van der Waals surface area contributed by atoms with Crippen LogP contribution in [0, 0.1) is 0 Å². The third kappa shape index (κ3) is 2.36. The van der Waals surface area contributed by atoms with Crippen molar-refractivity contribution in [2.45, 2.75) is 19.4 Å². The number of hydrogen-bond donors (Lipinski definition) is 2. The highest BCUT2D eigenvalue weighted by Crippen LogP contribution is 2.25. The summed E-state index contributed by atoms with van der Waals surface area (Å²) >= 11 is 0. The highest BCUT2D eigenvalue weighted by Gasteiger charge is 2.06. The maximum Gasteiger partial charge on any atom is 0.142 e. The second kappa shape index (κ2) is 4.14. The van der Waals surface area contributed by atoms with Gasteiger partial charge in [0.1, 0.15) is 5.75 Å². The minimum Gasteiger partial charge on any atom is -0.495 e. The first-order chi connectivity index (χ1) is 6.15. The van der Waals surface area contributed by atoms with Crippen molar-refractivity contribution in [1.29, 1.82) is 0 Å². The lowest BCUT2D eigenvalue weighted by Gasteiger charge is -2.11. The molecular formula is C10H16N2O. The summed E-state index contributed by atoms with van der Waals surface area (Å²) < 4.78 is 5.10. The van der Waals surface area contributed by atoms with E-state index in [1.165, 1.54) is 0 Å². The average molecular weight is 180 g/mol. The first kappa shape index (κ1) is 9.86. The van der Waals surface area contributed by atoms with Crippen molar-refractivity contribution in [3.8, 4) is 5.75 Å². The Morgan fingerprint density at radius 2 is 2.15 bits per heavy atom. The molecule has 1 unspecified atom stereocenters. The Bertz CT molecular complexity index is 284. The van der Waals surface area contributed by atoms with Crippen molar-refractivity contribution in [2.75, 3.05) is 12.8 Å². The van der Waals surface area contributed by atoms with E-state index >= 15 is 0 Å². The van der Waals surface area contributed by atoms with Crippen LogP contribution in [-0.4, -0.2) is 13.2 Å². The molecule has 0 aliphatic rings. The first-order valence-electron chi connectivity index (χ1n) is 4.32. The van der Waals surface area contributed by atoms with E-state index in [4.69, 9.17) is 16.2 Å². The monoisotopic (exact) mass is 180 g/mol. The number of rotatable bonds is 3. The molecule has 13 heavy (non-hydrogen) atoms. The molecule has 3 heteroatoms. The van der Waals surface area contributed by atoms with Crippen LogP contribution in [0.15, 0.2) is 18.2 Å². The van der Waals surface area contributed by atoms with E-state index in [2.05, 4.69) is 0 Å². The number of methoxy groups -OCH3 is 1. The predicted octanol–water partition coefficient (Wildman–Crippen LogP) is 1.17. The predicted molar refractivity (Wildman–Crippen MR) is 54.8 cm³/mol. The number of para-hydroxylation sites is 1. The molecule has 0 aliphatic carbocycles. The molecule has 0 fully saturated rings. The van der Waals surface area contributed by atoms with E-state index in [1.807, 2.05) is 25.1 Å². The van der Waals surface area contributed by atoms with E-state index in [1.54, 1.807) is 7.11 Å². The van der Waals surface area contributed by atoms with Crippen molar-refractivity contribution in [3.05, 3.63) is 23.8 Å². The molecule has 0 aliphatic heterocycles. The lowest BCUT2D eigenvalue weighted by Crippen LogP contribution is -2.18. The van der Waals surface area contributed by atoms with Gasteiger partial charge in [-0.2, -0.15) is 0 Å². The second-order valence-electron chi connectivity index (χ2n) is 3.21. The van der Waals surface area contributed by atoms with Crippen LogP contribution in [-0.2, 0) is 6.42 Å². The van der Waals surface area contributed by atoms with Gasteiger partial charge in [0, 0.05) is 6.04 Å². The van der Waals surface area contributed by atoms with Gasteiger partial charge < -0.3 is 16.2 Å². The second-order valence-corrected chi connectivity index (χ2v) is 3.21. The van der Waals surface area contributed by atoms with Gasteiger partial charge in [-0.1, -0.05) is 12.1 Å². The fourth-order valence-corrected chi connectivity index (χ4v) is 1.29. The van der Waals surface area contributed by atoms with E-state index < -0.39 is 0 Å². The lowest BCUT2D eigenvalue weighted by molar-refractivity contribution is 0.416. The number of anilines is 1. The summed E-state index contributed by atoms with van der Waals surface area (Å²) in [6.45, 7) is 1.96. The standard InChI is InChI=1S/C10H16N2O/c1-7(11)6-8-4-3-5-9(13-2)10(8)12/h3-5,7H,6,11-12H2,1-2H3. The number of nitrogens with two attached hydrogens (primary N) is 2. The Morgan fingerprint density at radius 1 is 1.46 bits per heavy atom. The van der Waals surface area contributed by atoms with Crippen LogP contribution < -0.4 is 16.2 Å². The number of ether oxygens (including phenoxy) is 1. The Balaban J connectivity index is 2.94. The SMILES string of the molecule is COc1cccc(CC(C)N)c1N. The van der Waals surface area contributed by atoms with Crippen molar-refractivity contribution in [3.63, 3.8) is 0 Å². The zero-order chi connectivity index (χ0) is 9.84. The minimum absolute atomic E-state index is 0.120. The number of hydrogen-bond acceptors (Lipinski definition) is 3. The molecule has 0 aromatic heterocycles. The van der Waals surface area contributed by atoms with Crippen LogP contribution in [0.1, 0.15) is 12.5 Å². The fraction of sp³-hybridized carbons (Fsp3) is 0.400. The van der Waals surface area contributed by atoms with Crippen molar-refractivity contribution < 1.29 is 4.74 Å². The summed E-state index contributed by atoms with van der Waals surface area (Å²) in [5.41, 5.74) is 13.3. The van der Waals surface area contributed by atoms with Gasteiger partial charge in [-0.25, -0.2) is 0 Å². The van der Waals surface area contributed by atoms with Gasteiger partial charge in [-0.15, -0.1) is 0 Å². The summed E-state index contributed by atoms with van der Waals surface area (Å²) in [4.78, 5) is 0. The third-order valence-electron chi connectivity index (χ3n) is 1.92. The maximum atomic E-state index is 5.86. The topological polar surface area (TPSA) is 61.3 Å². The smallest absolute Gasteiger partial charge is 0.142 e. The van der Waals surface area contributed by atoms with Crippen LogP contribution in [0.4, 0.5) is 5.69 Å². The van der Waals surface area contributed by atoms with Crippen molar-refractivity contribution in [1.82, 2.24) is 0 Å². The Labute approximate surface area is 78.7 Å². The quantitative estimate of drug-likeness (QED) is 0.686. The highest BCUT2D eigenvalue weighted by molar-refractivity contribution is 5.58. The fourth-order valence-electron chi connectivity index (χ4n) is 1.29. The van der Waals surface area contributed by atoms with Gasteiger partial charge in [0.15, 0.2) is 0 Å². The summed E-state index contributed by atoms with van der Waals surface area (Å²) in [5, 5.41) is 0. The molecule has 0 spiro atoms. The largest absolute Gasteiger partial charge is 0.495 e. The molecule has 0 saturated carbocycles. The number of benzene rings is 1. The van der Waals surface area contributed by atoms with Gasteiger partial charge in [0.05, 0.1) is 12.8 Å². The van der Waals surface area contributed by atoms with Gasteiger partial charge in [0.25, 0.3) is 0 Å². The maximum absolute atomic E-state index is 5.86. The van der Waals surface area contributed by atoms with Crippen LogP contribution >= 0.6 is 0 Å². The molecule has 0 saturated heterocycles. The molecule has 1 atom stereocenters. The average Bonchev–Trinajstić information content (AvgIpc) is 2.08. The summed E-state index contributed by atoms with van der Waals surface area (Å²) in [7, 11) is 1.61. The molecule has 1 aromatic rings. The van der Waals surface area contributed by atoms with Crippen LogP contribution in [0.25, 0.3) is 0 Å². The minimum atomic E-state index is 0.120. The van der Waals surface area contributed by atoms with Crippen LogP contribution in [0.3, 0.4) is 0 Å². The van der Waals surface area contributed by atoms with Gasteiger partial charge in [-0.05, 0) is 25.0 Å². The van der Waals surface area contributed by atoms with Crippen LogP contribution in [0.2, 0.25) is 0 Å². The highest BCUT2D eigenvalue weighted by atomic mass is 16.5. The Kier molecular flexibility index (Phi) is 3.14. The van der Waals surface area contributed by atoms with Crippen molar-refractivity contribution in [2.24, 2.45) is 5.73 Å². The Morgan fingerprint density at radius 3 is 2.69 bits per heavy atom. The molecule has 1 aromatic carbocycles. The molecule has 3 nitrogen and oxygen atoms in total. The normalized spacial score (nSPS) is 12.5. The van der Waals surface area contributed by atoms with Gasteiger partial charge in [0.2, 0.25) is 0 Å². The molecule has 0 heterocycles. The third-order valence-corrected chi connectivity index (χ3v) is 1.92. The Hall–Kier alpha value is -1.22. The molecular weight excluding hydrogens is 164 g/mol. The van der Waals surface area contributed by atoms with Gasteiger partial charge in [-0.3, -0.25) is 0 Å². The van der Waals surface area contributed by atoms with E-state index in [9.17, 15) is 0 Å². The van der Waals surface area contributed by atoms with Crippen molar-refractivity contribution >= 4 is 5.69 Å². The molecule has 4 N–H and O–H groups in total. The zero-order valence-electron chi connectivity index (χ0n) is 8.08. The van der Waals surface area contributed by atoms with E-state index in [0.717, 1.165) is 17.7 Å². The van der Waals surface area contributed by atoms with Crippen LogP contribution in [0.5, 0.6) is 5.75 Å². The molecule has 72 valence electrons. The summed E-state index contributed by atoms with van der Waals surface area (Å²) in [6.07, 6.45) is 0.781. The van der Waals surface area contributed by atoms with E-state index in [-0.39, 0.29) is 6.04 Å². The molecule has 0 radical (unpaired) electrons. The molecule has 1 rings (SSSR count). The lowest BCUT2D eigenvalue weighted by atomic mass is 10.1. The summed E-state index contributed by atoms with van der Waals surface area (Å²) in [6, 6.07) is 5.86. The summed E-state index contributed by atoms with van der Waals surface area (Å²) in [5.74, 6) is 0.721. The molecule has 0 amide bonds. The zero-order valence-corrected chi connectivity index (χ0v) is 8.08.